The second kappa shape index (κ2) is 10.4. The van der Waals surface area contributed by atoms with Crippen LogP contribution in [0.15, 0.2) is 54.6 Å². The Balaban J connectivity index is 1.33. The van der Waals surface area contributed by atoms with Gasteiger partial charge in [-0.3, -0.25) is 19.3 Å². The first-order valence-electron chi connectivity index (χ1n) is 12.4. The van der Waals surface area contributed by atoms with Crippen molar-refractivity contribution in [1.82, 2.24) is 15.1 Å². The number of piperidine rings is 1. The largest absolute Gasteiger partial charge is 0.376 e. The van der Waals surface area contributed by atoms with Crippen LogP contribution in [0.25, 0.3) is 0 Å². The third-order valence-corrected chi connectivity index (χ3v) is 7.23. The highest BCUT2D eigenvalue weighted by Gasteiger charge is 2.54. The van der Waals surface area contributed by atoms with E-state index in [1.165, 1.54) is 18.2 Å². The van der Waals surface area contributed by atoms with Gasteiger partial charge in [0.1, 0.15) is 17.6 Å². The highest BCUT2D eigenvalue weighted by molar-refractivity contribution is 5.98. The lowest BCUT2D eigenvalue weighted by Crippen LogP contribution is -2.60. The van der Waals surface area contributed by atoms with Crippen molar-refractivity contribution in [1.29, 1.82) is 0 Å². The SMILES string of the molecule is O=C(NC[C@H]1CCCO1)[C@H]1COC2(CCN(C(=O)c3cccc(F)c3)CC2)N1C(=O)c1ccccc1. The van der Waals surface area contributed by atoms with Crippen molar-refractivity contribution in [2.45, 2.75) is 43.6 Å². The molecule has 190 valence electrons. The third-order valence-electron chi connectivity index (χ3n) is 7.23. The number of hydrogen-bond donors (Lipinski definition) is 1. The maximum absolute atomic E-state index is 13.7. The number of carbonyl (C=O) groups excluding carboxylic acids is 3. The molecular weight excluding hydrogens is 465 g/mol. The minimum Gasteiger partial charge on any atom is -0.376 e. The van der Waals surface area contributed by atoms with E-state index < -0.39 is 17.6 Å². The van der Waals surface area contributed by atoms with Gasteiger partial charge in [0.15, 0.2) is 0 Å². The normalized spacial score (nSPS) is 23.1. The summed E-state index contributed by atoms with van der Waals surface area (Å²) in [5.74, 6) is -1.29. The minimum atomic E-state index is -1.00. The van der Waals surface area contributed by atoms with Crippen molar-refractivity contribution in [2.75, 3.05) is 32.8 Å². The van der Waals surface area contributed by atoms with Crippen molar-refractivity contribution in [3.63, 3.8) is 0 Å². The Bertz CT molecular complexity index is 1110. The van der Waals surface area contributed by atoms with Crippen molar-refractivity contribution in [3.05, 3.63) is 71.5 Å². The van der Waals surface area contributed by atoms with E-state index in [2.05, 4.69) is 5.32 Å². The molecule has 2 aromatic carbocycles. The summed E-state index contributed by atoms with van der Waals surface area (Å²) in [5, 5.41) is 2.94. The van der Waals surface area contributed by atoms with E-state index in [1.54, 1.807) is 40.1 Å². The molecule has 3 fully saturated rings. The molecule has 1 spiro atoms. The van der Waals surface area contributed by atoms with Crippen LogP contribution in [0.3, 0.4) is 0 Å². The molecule has 0 saturated carbocycles. The fourth-order valence-corrected chi connectivity index (χ4v) is 5.29. The summed E-state index contributed by atoms with van der Waals surface area (Å²) >= 11 is 0. The van der Waals surface area contributed by atoms with E-state index in [-0.39, 0.29) is 36.0 Å². The number of nitrogens with one attached hydrogen (secondary N) is 1. The summed E-state index contributed by atoms with van der Waals surface area (Å²) < 4.78 is 25.5. The Morgan fingerprint density at radius 1 is 1.00 bits per heavy atom. The average molecular weight is 496 g/mol. The first-order chi connectivity index (χ1) is 17.5. The number of likely N-dealkylation sites (tertiary alicyclic amines) is 1. The first kappa shape index (κ1) is 24.4. The van der Waals surface area contributed by atoms with Crippen LogP contribution in [-0.2, 0) is 14.3 Å². The Morgan fingerprint density at radius 2 is 1.75 bits per heavy atom. The number of nitrogens with zero attached hydrogens (tertiary/aromatic N) is 2. The molecule has 0 aromatic heterocycles. The van der Waals surface area contributed by atoms with Gasteiger partial charge < -0.3 is 19.7 Å². The fraction of sp³-hybridized carbons (Fsp3) is 0.444. The smallest absolute Gasteiger partial charge is 0.256 e. The molecule has 3 heterocycles. The van der Waals surface area contributed by atoms with Gasteiger partial charge in [-0.15, -0.1) is 0 Å². The van der Waals surface area contributed by atoms with E-state index in [9.17, 15) is 18.8 Å². The molecule has 1 N–H and O–H groups in total. The molecule has 0 aliphatic carbocycles. The predicted octanol–water partition coefficient (Wildman–Crippen LogP) is 2.59. The van der Waals surface area contributed by atoms with E-state index in [4.69, 9.17) is 9.47 Å². The molecule has 2 aromatic rings. The second-order valence-corrected chi connectivity index (χ2v) is 9.50. The molecule has 36 heavy (non-hydrogen) atoms. The zero-order chi connectivity index (χ0) is 25.1. The van der Waals surface area contributed by atoms with Crippen LogP contribution in [0.5, 0.6) is 0 Å². The van der Waals surface area contributed by atoms with Crippen LogP contribution < -0.4 is 5.32 Å². The van der Waals surface area contributed by atoms with Crippen molar-refractivity contribution in [3.8, 4) is 0 Å². The molecule has 5 rings (SSSR count). The number of amides is 3. The number of hydrogen-bond acceptors (Lipinski definition) is 5. The molecule has 0 bridgehead atoms. The summed E-state index contributed by atoms with van der Waals surface area (Å²) in [7, 11) is 0. The Hall–Kier alpha value is -3.30. The molecule has 3 amide bonds. The maximum Gasteiger partial charge on any atom is 0.256 e. The van der Waals surface area contributed by atoms with Gasteiger partial charge in [-0.2, -0.15) is 0 Å². The van der Waals surface area contributed by atoms with E-state index in [0.29, 0.717) is 44.6 Å². The minimum absolute atomic E-state index is 0.0134. The van der Waals surface area contributed by atoms with Gasteiger partial charge in [0.05, 0.1) is 12.7 Å². The van der Waals surface area contributed by atoms with Crippen LogP contribution in [0.2, 0.25) is 0 Å². The van der Waals surface area contributed by atoms with Gasteiger partial charge in [-0.25, -0.2) is 4.39 Å². The maximum atomic E-state index is 13.7. The van der Waals surface area contributed by atoms with E-state index in [0.717, 1.165) is 12.8 Å². The fourth-order valence-electron chi connectivity index (χ4n) is 5.29. The standard InChI is InChI=1S/C27H30FN3O5/c28-21-9-4-8-20(16-21)25(33)30-13-11-27(12-14-30)31(26(34)19-6-2-1-3-7-19)23(18-36-27)24(32)29-17-22-10-5-15-35-22/h1-4,6-9,16,22-23H,5,10-15,17-18H2,(H,29,32)/t22-,23-/m1/s1. The molecule has 3 saturated heterocycles. The van der Waals surface area contributed by atoms with Gasteiger partial charge in [-0.1, -0.05) is 24.3 Å². The van der Waals surface area contributed by atoms with Crippen molar-refractivity contribution >= 4 is 17.7 Å². The Labute approximate surface area is 209 Å². The number of carbonyl (C=O) groups is 3. The highest BCUT2D eigenvalue weighted by Crippen LogP contribution is 2.39. The molecule has 8 nitrogen and oxygen atoms in total. The average Bonchev–Trinajstić information content (AvgIpc) is 3.56. The summed E-state index contributed by atoms with van der Waals surface area (Å²) in [6.07, 6.45) is 2.55. The molecule has 0 unspecified atom stereocenters. The van der Waals surface area contributed by atoms with E-state index >= 15 is 0 Å². The van der Waals surface area contributed by atoms with E-state index in [1.807, 2.05) is 6.07 Å². The number of benzene rings is 2. The van der Waals surface area contributed by atoms with Gasteiger partial charge in [0.2, 0.25) is 5.91 Å². The number of halogens is 1. The van der Waals surface area contributed by atoms with Crippen LogP contribution >= 0.6 is 0 Å². The van der Waals surface area contributed by atoms with Crippen molar-refractivity contribution in [2.24, 2.45) is 0 Å². The van der Waals surface area contributed by atoms with Crippen LogP contribution in [-0.4, -0.2) is 78.2 Å². The van der Waals surface area contributed by atoms with Crippen LogP contribution in [0, 0.1) is 5.82 Å². The lowest BCUT2D eigenvalue weighted by atomic mass is 9.96. The molecular formula is C27H30FN3O5. The quantitative estimate of drug-likeness (QED) is 0.689. The summed E-state index contributed by atoms with van der Waals surface area (Å²) in [4.78, 5) is 43.1. The lowest BCUT2D eigenvalue weighted by Gasteiger charge is -2.44. The lowest BCUT2D eigenvalue weighted by molar-refractivity contribution is -0.128. The molecule has 2 atom stereocenters. The number of rotatable bonds is 5. The van der Waals surface area contributed by atoms with Crippen molar-refractivity contribution < 1.29 is 28.2 Å². The summed E-state index contributed by atoms with van der Waals surface area (Å²) in [6.45, 7) is 1.80. The van der Waals surface area contributed by atoms with Crippen LogP contribution in [0.4, 0.5) is 4.39 Å². The topological polar surface area (TPSA) is 88.2 Å². The van der Waals surface area contributed by atoms with Gasteiger partial charge in [0, 0.05) is 50.2 Å². The van der Waals surface area contributed by atoms with Gasteiger partial charge in [-0.05, 0) is 43.2 Å². The summed E-state index contributed by atoms with van der Waals surface area (Å²) in [6, 6.07) is 13.7. The summed E-state index contributed by atoms with van der Waals surface area (Å²) in [5.41, 5.74) is -0.253. The van der Waals surface area contributed by atoms with Gasteiger partial charge >= 0.3 is 0 Å². The van der Waals surface area contributed by atoms with Crippen LogP contribution in [0.1, 0.15) is 46.4 Å². The monoisotopic (exact) mass is 495 g/mol. The zero-order valence-corrected chi connectivity index (χ0v) is 20.0. The van der Waals surface area contributed by atoms with Gasteiger partial charge in [0.25, 0.3) is 11.8 Å². The second-order valence-electron chi connectivity index (χ2n) is 9.50. The number of ether oxygens (including phenoxy) is 2. The first-order valence-corrected chi connectivity index (χ1v) is 12.4. The molecule has 3 aliphatic rings. The third kappa shape index (κ3) is 4.85. The molecule has 0 radical (unpaired) electrons. The zero-order valence-electron chi connectivity index (χ0n) is 20.0. The Morgan fingerprint density at radius 3 is 2.44 bits per heavy atom. The highest BCUT2D eigenvalue weighted by atomic mass is 19.1. The molecule has 9 heteroatoms. The molecule has 3 aliphatic heterocycles. The Kier molecular flexibility index (Phi) is 7.02. The predicted molar refractivity (Wildman–Crippen MR) is 129 cm³/mol.